The molecule has 0 saturated carbocycles. The van der Waals surface area contributed by atoms with Gasteiger partial charge in [-0.3, -0.25) is 9.59 Å². The minimum absolute atomic E-state index is 0.0300. The Morgan fingerprint density at radius 3 is 2.53 bits per heavy atom. The number of rotatable bonds is 5. The summed E-state index contributed by atoms with van der Waals surface area (Å²) in [6.07, 6.45) is 1.48. The number of hydrogen-bond acceptors (Lipinski definition) is 8. The summed E-state index contributed by atoms with van der Waals surface area (Å²) in [6.45, 7) is 0.406. The van der Waals surface area contributed by atoms with Crippen molar-refractivity contribution in [2.45, 2.75) is 4.21 Å². The van der Waals surface area contributed by atoms with Gasteiger partial charge in [0.05, 0.1) is 24.6 Å². The lowest BCUT2D eigenvalue weighted by Gasteiger charge is -2.33. The third kappa shape index (κ3) is 4.11. The van der Waals surface area contributed by atoms with Crippen LogP contribution in [-0.2, 0) is 14.8 Å². The number of hydrogen-bond donors (Lipinski definition) is 1. The number of aromatic amines is 1. The molecule has 3 aromatic rings. The van der Waals surface area contributed by atoms with Crippen LogP contribution in [0, 0.1) is 0 Å². The number of esters is 1. The molecule has 0 spiro atoms. The lowest BCUT2D eigenvalue weighted by molar-refractivity contribution is 0.0600. The van der Waals surface area contributed by atoms with Gasteiger partial charge in [0, 0.05) is 31.6 Å². The highest BCUT2D eigenvalue weighted by Crippen LogP contribution is 2.25. The van der Waals surface area contributed by atoms with E-state index >= 15 is 0 Å². The van der Waals surface area contributed by atoms with Crippen molar-refractivity contribution >= 4 is 33.2 Å². The van der Waals surface area contributed by atoms with Gasteiger partial charge in [0.15, 0.2) is 0 Å². The van der Waals surface area contributed by atoms with Crippen LogP contribution in [0.25, 0.3) is 11.5 Å². The van der Waals surface area contributed by atoms with Crippen LogP contribution in [0.4, 0.5) is 0 Å². The van der Waals surface area contributed by atoms with Crippen molar-refractivity contribution in [1.29, 1.82) is 0 Å². The van der Waals surface area contributed by atoms with Gasteiger partial charge in [0.1, 0.15) is 15.5 Å². The van der Waals surface area contributed by atoms with Gasteiger partial charge in [-0.2, -0.15) is 4.31 Å². The van der Waals surface area contributed by atoms with E-state index in [0.29, 0.717) is 11.5 Å². The van der Waals surface area contributed by atoms with Crippen LogP contribution < -0.4 is 5.56 Å². The maximum Gasteiger partial charge on any atom is 0.338 e. The Morgan fingerprint density at radius 1 is 1.16 bits per heavy atom. The van der Waals surface area contributed by atoms with Gasteiger partial charge in [0.25, 0.3) is 21.5 Å². The summed E-state index contributed by atoms with van der Waals surface area (Å²) in [4.78, 5) is 40.9. The van der Waals surface area contributed by atoms with E-state index in [4.69, 9.17) is 4.42 Å². The lowest BCUT2D eigenvalue weighted by atomic mass is 10.2. The number of carbonyl (C=O) groups excluding carboxylic acids is 2. The number of amides is 1. The first-order valence-corrected chi connectivity index (χ1v) is 11.9. The number of thiophene rings is 1. The number of aromatic nitrogens is 1. The topological polar surface area (TPSA) is 130 Å². The van der Waals surface area contributed by atoms with E-state index in [1.165, 1.54) is 40.1 Å². The Labute approximate surface area is 187 Å². The fourth-order valence-electron chi connectivity index (χ4n) is 3.32. The van der Waals surface area contributed by atoms with Crippen molar-refractivity contribution in [3.63, 3.8) is 0 Å². The maximum absolute atomic E-state index is 12.9. The smallest absolute Gasteiger partial charge is 0.338 e. The van der Waals surface area contributed by atoms with Gasteiger partial charge < -0.3 is 19.0 Å². The molecule has 10 nitrogen and oxygen atoms in total. The van der Waals surface area contributed by atoms with Crippen LogP contribution in [0.15, 0.2) is 55.4 Å². The molecule has 1 aliphatic rings. The Hall–Kier alpha value is -3.22. The van der Waals surface area contributed by atoms with Gasteiger partial charge in [0.2, 0.25) is 0 Å². The molecule has 0 atom stereocenters. The molecule has 3 aromatic heterocycles. The number of carbonyl (C=O) groups is 2. The molecule has 4 heterocycles. The Kier molecular flexibility index (Phi) is 6.00. The molecule has 1 fully saturated rings. The molecule has 12 heteroatoms. The molecule has 0 aromatic carbocycles. The van der Waals surface area contributed by atoms with Gasteiger partial charge in [-0.1, -0.05) is 0 Å². The molecule has 1 N–H and O–H groups in total. The van der Waals surface area contributed by atoms with Crippen molar-refractivity contribution in [2.75, 3.05) is 33.3 Å². The average Bonchev–Trinajstić information content (AvgIpc) is 3.51. The number of piperazine rings is 1. The summed E-state index contributed by atoms with van der Waals surface area (Å²) in [6, 6.07) is 7.68. The lowest BCUT2D eigenvalue weighted by Crippen LogP contribution is -2.51. The number of sulfonamides is 1. The summed E-state index contributed by atoms with van der Waals surface area (Å²) in [5, 5.41) is 1.43. The van der Waals surface area contributed by atoms with Crippen LogP contribution in [0.1, 0.15) is 20.7 Å². The van der Waals surface area contributed by atoms with E-state index < -0.39 is 27.5 Å². The fourth-order valence-corrected chi connectivity index (χ4v) is 6.05. The SMILES string of the molecule is COC(=O)c1csc(S(=O)(=O)N2CCN(C(=O)c3ccc(-c4ccco4)[nH]c3=O)CC2)c1. The van der Waals surface area contributed by atoms with E-state index in [1.54, 1.807) is 18.2 Å². The zero-order valence-electron chi connectivity index (χ0n) is 16.9. The molecule has 0 bridgehead atoms. The number of pyridine rings is 1. The predicted molar refractivity (Wildman–Crippen MR) is 115 cm³/mol. The number of ether oxygens (including phenoxy) is 1. The molecule has 1 saturated heterocycles. The number of furan rings is 1. The molecule has 32 heavy (non-hydrogen) atoms. The highest BCUT2D eigenvalue weighted by atomic mass is 32.2. The Bertz CT molecular complexity index is 1300. The molecule has 0 aliphatic carbocycles. The zero-order chi connectivity index (χ0) is 22.9. The van der Waals surface area contributed by atoms with E-state index in [2.05, 4.69) is 9.72 Å². The minimum Gasteiger partial charge on any atom is -0.465 e. The summed E-state index contributed by atoms with van der Waals surface area (Å²) >= 11 is 0.936. The van der Waals surface area contributed by atoms with Crippen LogP contribution in [0.2, 0.25) is 0 Å². The van der Waals surface area contributed by atoms with Crippen molar-refractivity contribution in [1.82, 2.24) is 14.2 Å². The summed E-state index contributed by atoms with van der Waals surface area (Å²) in [7, 11) is -2.59. The predicted octanol–water partition coefficient (Wildman–Crippen LogP) is 1.63. The van der Waals surface area contributed by atoms with Gasteiger partial charge >= 0.3 is 5.97 Å². The fraction of sp³-hybridized carbons (Fsp3) is 0.250. The number of methoxy groups -OCH3 is 1. The summed E-state index contributed by atoms with van der Waals surface area (Å²) in [5.74, 6) is -0.608. The van der Waals surface area contributed by atoms with Crippen molar-refractivity contribution in [3.8, 4) is 11.5 Å². The monoisotopic (exact) mass is 477 g/mol. The van der Waals surface area contributed by atoms with E-state index in [0.717, 1.165) is 11.3 Å². The van der Waals surface area contributed by atoms with Crippen molar-refractivity contribution < 1.29 is 27.2 Å². The van der Waals surface area contributed by atoms with Gasteiger partial charge in [-0.15, -0.1) is 11.3 Å². The molecular weight excluding hydrogens is 458 g/mol. The maximum atomic E-state index is 12.9. The quantitative estimate of drug-likeness (QED) is 0.553. The van der Waals surface area contributed by atoms with Crippen molar-refractivity contribution in [2.24, 2.45) is 0 Å². The van der Waals surface area contributed by atoms with Crippen LogP contribution in [0.3, 0.4) is 0 Å². The Balaban J connectivity index is 1.44. The number of H-pyrrole nitrogens is 1. The highest BCUT2D eigenvalue weighted by molar-refractivity contribution is 7.91. The van der Waals surface area contributed by atoms with E-state index in [1.807, 2.05) is 0 Å². The van der Waals surface area contributed by atoms with Crippen LogP contribution in [-0.4, -0.2) is 67.8 Å². The van der Waals surface area contributed by atoms with Gasteiger partial charge in [-0.25, -0.2) is 13.2 Å². The van der Waals surface area contributed by atoms with Crippen molar-refractivity contribution in [3.05, 3.63) is 63.5 Å². The molecule has 168 valence electrons. The molecule has 1 aliphatic heterocycles. The third-order valence-corrected chi connectivity index (χ3v) is 8.36. The molecule has 0 unspecified atom stereocenters. The molecule has 4 rings (SSSR count). The average molecular weight is 478 g/mol. The standard InChI is InChI=1S/C20H19N3O7S2/c1-29-20(26)13-11-17(31-12-13)32(27,28)23-8-6-22(7-9-23)19(25)14-4-5-15(21-18(14)24)16-3-2-10-30-16/h2-5,10-12H,6-9H2,1H3,(H,21,24). The normalized spacial score (nSPS) is 15.0. The zero-order valence-corrected chi connectivity index (χ0v) is 18.6. The van der Waals surface area contributed by atoms with E-state index in [9.17, 15) is 22.8 Å². The summed E-state index contributed by atoms with van der Waals surface area (Å²) in [5.41, 5.74) is 0.0438. The second-order valence-electron chi connectivity index (χ2n) is 6.93. The highest BCUT2D eigenvalue weighted by Gasteiger charge is 2.32. The second-order valence-corrected chi connectivity index (χ2v) is 10.0. The van der Waals surface area contributed by atoms with Gasteiger partial charge in [-0.05, 0) is 30.3 Å². The first-order chi connectivity index (χ1) is 15.3. The molecular formula is C20H19N3O7S2. The largest absolute Gasteiger partial charge is 0.465 e. The summed E-state index contributed by atoms with van der Waals surface area (Å²) < 4.78 is 36.9. The number of nitrogens with one attached hydrogen (secondary N) is 1. The number of nitrogens with zero attached hydrogens (tertiary/aromatic N) is 2. The molecule has 0 radical (unpaired) electrons. The Morgan fingerprint density at radius 2 is 1.91 bits per heavy atom. The molecule has 1 amide bonds. The first kappa shape index (κ1) is 22.0. The first-order valence-electron chi connectivity index (χ1n) is 9.54. The second kappa shape index (κ2) is 8.73. The third-order valence-electron chi connectivity index (χ3n) is 5.04. The van der Waals surface area contributed by atoms with Crippen LogP contribution >= 0.6 is 11.3 Å². The minimum atomic E-state index is -3.81. The van der Waals surface area contributed by atoms with Crippen LogP contribution in [0.5, 0.6) is 0 Å². The van der Waals surface area contributed by atoms with E-state index in [-0.39, 0.29) is 41.5 Å².